The normalized spacial score (nSPS) is 13.9. The smallest absolute Gasteiger partial charge is 0.107 e. The van der Waals surface area contributed by atoms with E-state index in [1.807, 2.05) is 0 Å². The Labute approximate surface area is 128 Å². The van der Waals surface area contributed by atoms with Gasteiger partial charge >= 0.3 is 0 Å². The molecule has 1 rings (SSSR count). The molecule has 0 amide bonds. The molecule has 0 saturated carbocycles. The third-order valence-electron chi connectivity index (χ3n) is 3.79. The lowest BCUT2D eigenvalue weighted by molar-refractivity contribution is 0.0169. The van der Waals surface area contributed by atoms with Crippen LogP contribution < -0.4 is 0 Å². The molecule has 0 fully saturated rings. The van der Waals surface area contributed by atoms with Gasteiger partial charge in [0, 0.05) is 19.1 Å². The Morgan fingerprint density at radius 1 is 1.38 bits per heavy atom. The number of nitrogens with zero attached hydrogens (tertiary/aromatic N) is 1. The van der Waals surface area contributed by atoms with Gasteiger partial charge in [0.15, 0.2) is 0 Å². The first kappa shape index (κ1) is 17.7. The molecule has 1 aromatic carbocycles. The lowest BCUT2D eigenvalue weighted by atomic mass is 10.1. The summed E-state index contributed by atoms with van der Waals surface area (Å²) in [5, 5.41) is 10.1. The van der Waals surface area contributed by atoms with Gasteiger partial charge in [0.05, 0.1) is 12.7 Å². The minimum Gasteiger partial charge on any atom is -0.389 e. The molecule has 0 bridgehead atoms. The molecule has 3 nitrogen and oxygen atoms in total. The summed E-state index contributed by atoms with van der Waals surface area (Å²) in [6.07, 6.45) is 5.67. The Bertz CT molecular complexity index is 453. The maximum Gasteiger partial charge on any atom is 0.107 e. The highest BCUT2D eigenvalue weighted by Crippen LogP contribution is 2.14. The van der Waals surface area contributed by atoms with Crippen LogP contribution in [0.5, 0.6) is 0 Å². The number of terminal acetylenes is 1. The molecule has 21 heavy (non-hydrogen) atoms. The largest absolute Gasteiger partial charge is 0.389 e. The van der Waals surface area contributed by atoms with Gasteiger partial charge in [-0.15, -0.1) is 6.42 Å². The first-order chi connectivity index (χ1) is 10.1. The predicted molar refractivity (Wildman–Crippen MR) is 87.0 cm³/mol. The van der Waals surface area contributed by atoms with Crippen molar-refractivity contribution in [1.82, 2.24) is 4.90 Å². The quantitative estimate of drug-likeness (QED) is 0.560. The van der Waals surface area contributed by atoms with Gasteiger partial charge in [0.1, 0.15) is 6.61 Å². The molecule has 2 atom stereocenters. The summed E-state index contributed by atoms with van der Waals surface area (Å²) in [5.74, 6) is 2.41. The van der Waals surface area contributed by atoms with Crippen molar-refractivity contribution in [3.05, 3.63) is 35.4 Å². The molecular formula is C18H27NO2. The van der Waals surface area contributed by atoms with E-state index in [9.17, 15) is 5.11 Å². The van der Waals surface area contributed by atoms with Crippen molar-refractivity contribution in [2.45, 2.75) is 45.9 Å². The molecule has 0 aliphatic heterocycles. The Morgan fingerprint density at radius 2 is 2.10 bits per heavy atom. The van der Waals surface area contributed by atoms with E-state index in [0.717, 1.165) is 13.0 Å². The molecule has 0 aliphatic carbocycles. The maximum absolute atomic E-state index is 10.1. The molecule has 3 heteroatoms. The molecule has 0 saturated heterocycles. The van der Waals surface area contributed by atoms with Crippen LogP contribution in [0, 0.1) is 19.3 Å². The third kappa shape index (κ3) is 6.31. The highest BCUT2D eigenvalue weighted by molar-refractivity contribution is 5.25. The SMILES string of the molecule is C#CCOC[C@@H](O)CN(Cc1ccccc1C)[C@@H](C)CC. The van der Waals surface area contributed by atoms with Crippen LogP contribution in [0.4, 0.5) is 0 Å². The van der Waals surface area contributed by atoms with Gasteiger partial charge in [0.2, 0.25) is 0 Å². The van der Waals surface area contributed by atoms with Crippen LogP contribution in [-0.2, 0) is 11.3 Å². The fourth-order valence-corrected chi connectivity index (χ4v) is 2.24. The topological polar surface area (TPSA) is 32.7 Å². The molecule has 0 heterocycles. The highest BCUT2D eigenvalue weighted by Gasteiger charge is 2.17. The summed E-state index contributed by atoms with van der Waals surface area (Å²) in [4.78, 5) is 2.30. The molecule has 0 unspecified atom stereocenters. The predicted octanol–water partition coefficient (Wildman–Crippen LogP) is 2.61. The van der Waals surface area contributed by atoms with Crippen molar-refractivity contribution in [2.75, 3.05) is 19.8 Å². The van der Waals surface area contributed by atoms with Crippen molar-refractivity contribution in [2.24, 2.45) is 0 Å². The number of aliphatic hydroxyl groups is 1. The summed E-state index contributed by atoms with van der Waals surface area (Å²) in [5.41, 5.74) is 2.58. The molecular weight excluding hydrogens is 262 g/mol. The van der Waals surface area contributed by atoms with Crippen LogP contribution in [0.3, 0.4) is 0 Å². The van der Waals surface area contributed by atoms with Crippen molar-refractivity contribution in [1.29, 1.82) is 0 Å². The van der Waals surface area contributed by atoms with Gasteiger partial charge in [-0.05, 0) is 31.4 Å². The Hall–Kier alpha value is -1.34. The molecule has 0 aromatic heterocycles. The highest BCUT2D eigenvalue weighted by atomic mass is 16.5. The average molecular weight is 289 g/mol. The van der Waals surface area contributed by atoms with Crippen molar-refractivity contribution in [3.63, 3.8) is 0 Å². The summed E-state index contributed by atoms with van der Waals surface area (Å²) < 4.78 is 5.22. The van der Waals surface area contributed by atoms with Gasteiger partial charge in [-0.2, -0.15) is 0 Å². The van der Waals surface area contributed by atoms with E-state index in [0.29, 0.717) is 12.6 Å². The second kappa shape index (κ2) is 9.57. The van der Waals surface area contributed by atoms with E-state index in [2.05, 4.69) is 55.9 Å². The van der Waals surface area contributed by atoms with E-state index in [1.165, 1.54) is 11.1 Å². The number of hydrogen-bond acceptors (Lipinski definition) is 3. The number of hydrogen-bond donors (Lipinski definition) is 1. The van der Waals surface area contributed by atoms with Gasteiger partial charge < -0.3 is 9.84 Å². The minimum absolute atomic E-state index is 0.248. The standard InChI is InChI=1S/C18H27NO2/c1-5-11-21-14-18(20)13-19(16(4)6-2)12-17-10-8-7-9-15(17)3/h1,7-10,16,18,20H,6,11-14H2,2-4H3/t16-,18-/m0/s1. The average Bonchev–Trinajstić information content (AvgIpc) is 2.48. The second-order valence-corrected chi connectivity index (χ2v) is 5.49. The lowest BCUT2D eigenvalue weighted by Crippen LogP contribution is -2.40. The number of aliphatic hydroxyl groups excluding tert-OH is 1. The van der Waals surface area contributed by atoms with Crippen molar-refractivity contribution >= 4 is 0 Å². The molecule has 0 spiro atoms. The van der Waals surface area contributed by atoms with Crippen LogP contribution in [0.25, 0.3) is 0 Å². The van der Waals surface area contributed by atoms with Gasteiger partial charge in [-0.25, -0.2) is 0 Å². The van der Waals surface area contributed by atoms with Crippen LogP contribution >= 0.6 is 0 Å². The van der Waals surface area contributed by atoms with Gasteiger partial charge in [-0.3, -0.25) is 4.90 Å². The van der Waals surface area contributed by atoms with Crippen LogP contribution in [0.2, 0.25) is 0 Å². The van der Waals surface area contributed by atoms with E-state index in [4.69, 9.17) is 11.2 Å². The number of rotatable bonds is 9. The zero-order valence-corrected chi connectivity index (χ0v) is 13.4. The first-order valence-electron chi connectivity index (χ1n) is 7.56. The first-order valence-corrected chi connectivity index (χ1v) is 7.56. The zero-order chi connectivity index (χ0) is 15.7. The third-order valence-corrected chi connectivity index (χ3v) is 3.79. The fraction of sp³-hybridized carbons (Fsp3) is 0.556. The van der Waals surface area contributed by atoms with Crippen molar-refractivity contribution in [3.8, 4) is 12.3 Å². The summed E-state index contributed by atoms with van der Waals surface area (Å²) in [6.45, 7) is 8.44. The van der Waals surface area contributed by atoms with E-state index in [1.54, 1.807) is 0 Å². The van der Waals surface area contributed by atoms with Crippen molar-refractivity contribution < 1.29 is 9.84 Å². The fourth-order valence-electron chi connectivity index (χ4n) is 2.24. The number of benzene rings is 1. The molecule has 0 aliphatic rings. The zero-order valence-electron chi connectivity index (χ0n) is 13.4. The minimum atomic E-state index is -0.517. The van der Waals surface area contributed by atoms with Gasteiger partial charge in [0.25, 0.3) is 0 Å². The number of aryl methyl sites for hydroxylation is 1. The monoisotopic (exact) mass is 289 g/mol. The van der Waals surface area contributed by atoms with Crippen LogP contribution in [-0.4, -0.2) is 41.9 Å². The Kier molecular flexibility index (Phi) is 8.07. The number of ether oxygens (including phenoxy) is 1. The van der Waals surface area contributed by atoms with E-state index in [-0.39, 0.29) is 13.2 Å². The molecule has 1 aromatic rings. The Balaban J connectivity index is 2.64. The molecule has 0 radical (unpaired) electrons. The van der Waals surface area contributed by atoms with E-state index >= 15 is 0 Å². The second-order valence-electron chi connectivity index (χ2n) is 5.49. The summed E-state index contributed by atoms with van der Waals surface area (Å²) in [6, 6.07) is 8.79. The molecule has 116 valence electrons. The Morgan fingerprint density at radius 3 is 2.71 bits per heavy atom. The summed E-state index contributed by atoms with van der Waals surface area (Å²) in [7, 11) is 0. The van der Waals surface area contributed by atoms with Crippen LogP contribution in [0.15, 0.2) is 24.3 Å². The maximum atomic E-state index is 10.1. The van der Waals surface area contributed by atoms with E-state index < -0.39 is 6.10 Å². The van der Waals surface area contributed by atoms with Crippen LogP contribution in [0.1, 0.15) is 31.4 Å². The summed E-state index contributed by atoms with van der Waals surface area (Å²) >= 11 is 0. The lowest BCUT2D eigenvalue weighted by Gasteiger charge is -2.31. The molecule has 1 N–H and O–H groups in total. The van der Waals surface area contributed by atoms with Gasteiger partial charge in [-0.1, -0.05) is 37.1 Å².